The second-order valence-corrected chi connectivity index (χ2v) is 4.09. The highest BCUT2D eigenvalue weighted by atomic mass is 16.4. The molecule has 1 aliphatic heterocycles. The van der Waals surface area contributed by atoms with Gasteiger partial charge in [0.2, 0.25) is 11.8 Å². The van der Waals surface area contributed by atoms with Gasteiger partial charge < -0.3 is 20.4 Å². The van der Waals surface area contributed by atoms with Gasteiger partial charge in [0.15, 0.2) is 0 Å². The van der Waals surface area contributed by atoms with Crippen LogP contribution in [0.15, 0.2) is 4.42 Å². The third kappa shape index (κ3) is 2.73. The van der Waals surface area contributed by atoms with Gasteiger partial charge in [-0.2, -0.15) is 0 Å². The van der Waals surface area contributed by atoms with E-state index in [-0.39, 0.29) is 11.8 Å². The number of carbonyl (C=O) groups excluding carboxylic acids is 1. The molecule has 1 saturated heterocycles. The Hall–Kier alpha value is -1.63. The van der Waals surface area contributed by atoms with Crippen LogP contribution in [0.2, 0.25) is 0 Å². The molecular weight excluding hydrogens is 222 g/mol. The number of primary amides is 1. The van der Waals surface area contributed by atoms with E-state index in [1.54, 1.807) is 0 Å². The Morgan fingerprint density at radius 3 is 3.12 bits per heavy atom. The molecule has 94 valence electrons. The van der Waals surface area contributed by atoms with Crippen LogP contribution in [0.3, 0.4) is 0 Å². The fourth-order valence-electron chi connectivity index (χ4n) is 1.84. The Morgan fingerprint density at radius 2 is 2.47 bits per heavy atom. The quantitative estimate of drug-likeness (QED) is 0.718. The molecule has 0 radical (unpaired) electrons. The first-order chi connectivity index (χ1) is 8.20. The maximum Gasteiger partial charge on any atom is 0.318 e. The van der Waals surface area contributed by atoms with Gasteiger partial charge in [-0.25, -0.2) is 0 Å². The van der Waals surface area contributed by atoms with Crippen molar-refractivity contribution in [1.82, 2.24) is 15.5 Å². The number of hydrogen-bond donors (Lipinski definition) is 2. The summed E-state index contributed by atoms with van der Waals surface area (Å²) in [5.74, 6) is 0.184. The SMILES string of the molecule is CCNCc1nnc(N2CCC(C(N)=O)C2)o1. The fraction of sp³-hybridized carbons (Fsp3) is 0.700. The average molecular weight is 239 g/mol. The van der Waals surface area contributed by atoms with Crippen molar-refractivity contribution < 1.29 is 9.21 Å². The lowest BCUT2D eigenvalue weighted by atomic mass is 10.1. The Morgan fingerprint density at radius 1 is 1.65 bits per heavy atom. The molecule has 0 aliphatic carbocycles. The Kier molecular flexibility index (Phi) is 3.58. The Balaban J connectivity index is 1.94. The predicted molar refractivity (Wildman–Crippen MR) is 61.2 cm³/mol. The van der Waals surface area contributed by atoms with Crippen LogP contribution in [0, 0.1) is 5.92 Å². The van der Waals surface area contributed by atoms with Crippen molar-refractivity contribution in [3.63, 3.8) is 0 Å². The minimum atomic E-state index is -0.264. The van der Waals surface area contributed by atoms with E-state index in [0.717, 1.165) is 19.5 Å². The molecular formula is C10H17N5O2. The van der Waals surface area contributed by atoms with Crippen molar-refractivity contribution in [3.05, 3.63) is 5.89 Å². The van der Waals surface area contributed by atoms with Crippen LogP contribution in [0.1, 0.15) is 19.2 Å². The number of carbonyl (C=O) groups is 1. The average Bonchev–Trinajstić information content (AvgIpc) is 2.94. The molecule has 0 aromatic carbocycles. The van der Waals surface area contributed by atoms with Crippen LogP contribution in [-0.2, 0) is 11.3 Å². The Labute approximate surface area is 99.4 Å². The highest BCUT2D eigenvalue weighted by Crippen LogP contribution is 2.22. The molecule has 1 aromatic rings. The van der Waals surface area contributed by atoms with Crippen LogP contribution >= 0.6 is 0 Å². The second kappa shape index (κ2) is 5.13. The van der Waals surface area contributed by atoms with E-state index < -0.39 is 0 Å². The first-order valence-corrected chi connectivity index (χ1v) is 5.78. The first-order valence-electron chi connectivity index (χ1n) is 5.78. The standard InChI is InChI=1S/C10H17N5O2/c1-2-12-5-8-13-14-10(17-8)15-4-3-7(6-15)9(11)16/h7,12H,2-6H2,1H3,(H2,11,16). The normalized spacial score (nSPS) is 19.8. The number of amides is 1. The molecule has 7 heteroatoms. The number of nitrogens with zero attached hydrogens (tertiary/aromatic N) is 3. The largest absolute Gasteiger partial charge is 0.407 e. The molecule has 1 atom stereocenters. The third-order valence-corrected chi connectivity index (χ3v) is 2.84. The summed E-state index contributed by atoms with van der Waals surface area (Å²) >= 11 is 0. The van der Waals surface area contributed by atoms with Gasteiger partial charge in [0.05, 0.1) is 12.5 Å². The van der Waals surface area contributed by atoms with E-state index in [4.69, 9.17) is 10.2 Å². The molecule has 0 spiro atoms. The molecule has 1 aromatic heterocycles. The van der Waals surface area contributed by atoms with Crippen LogP contribution in [-0.4, -0.2) is 35.7 Å². The van der Waals surface area contributed by atoms with E-state index in [2.05, 4.69) is 15.5 Å². The van der Waals surface area contributed by atoms with Gasteiger partial charge in [-0.05, 0) is 13.0 Å². The van der Waals surface area contributed by atoms with Gasteiger partial charge in [0.25, 0.3) is 0 Å². The summed E-state index contributed by atoms with van der Waals surface area (Å²) in [7, 11) is 0. The molecule has 1 unspecified atom stereocenters. The van der Waals surface area contributed by atoms with Crippen molar-refractivity contribution in [2.24, 2.45) is 11.7 Å². The lowest BCUT2D eigenvalue weighted by molar-refractivity contribution is -0.121. The van der Waals surface area contributed by atoms with Gasteiger partial charge in [-0.1, -0.05) is 12.0 Å². The highest BCUT2D eigenvalue weighted by molar-refractivity contribution is 5.77. The topological polar surface area (TPSA) is 97.3 Å². The minimum absolute atomic E-state index is 0.112. The molecule has 0 saturated carbocycles. The summed E-state index contributed by atoms with van der Waals surface area (Å²) in [6, 6.07) is 0.474. The summed E-state index contributed by atoms with van der Waals surface area (Å²) in [5, 5.41) is 11.0. The van der Waals surface area contributed by atoms with Crippen LogP contribution in [0.4, 0.5) is 6.01 Å². The van der Waals surface area contributed by atoms with Gasteiger partial charge in [0.1, 0.15) is 0 Å². The zero-order valence-corrected chi connectivity index (χ0v) is 9.85. The van der Waals surface area contributed by atoms with Gasteiger partial charge in [-0.15, -0.1) is 5.10 Å². The molecule has 1 aliphatic rings. The number of aromatic nitrogens is 2. The van der Waals surface area contributed by atoms with Crippen molar-refractivity contribution in [1.29, 1.82) is 0 Å². The van der Waals surface area contributed by atoms with Crippen molar-refractivity contribution in [3.8, 4) is 0 Å². The summed E-state index contributed by atoms with van der Waals surface area (Å²) in [6.07, 6.45) is 0.750. The number of rotatable bonds is 5. The van der Waals surface area contributed by atoms with Crippen LogP contribution < -0.4 is 16.0 Å². The van der Waals surface area contributed by atoms with Crippen molar-refractivity contribution in [2.45, 2.75) is 19.9 Å². The van der Waals surface area contributed by atoms with E-state index >= 15 is 0 Å². The maximum absolute atomic E-state index is 11.0. The number of nitrogens with two attached hydrogens (primary N) is 1. The lowest BCUT2D eigenvalue weighted by Crippen LogP contribution is -2.27. The smallest absolute Gasteiger partial charge is 0.318 e. The second-order valence-electron chi connectivity index (χ2n) is 4.09. The van der Waals surface area contributed by atoms with Gasteiger partial charge in [-0.3, -0.25) is 4.79 Å². The first kappa shape index (κ1) is 11.8. The van der Waals surface area contributed by atoms with Crippen molar-refractivity contribution in [2.75, 3.05) is 24.5 Å². The minimum Gasteiger partial charge on any atom is -0.407 e. The zero-order valence-electron chi connectivity index (χ0n) is 9.85. The van der Waals surface area contributed by atoms with Crippen LogP contribution in [0.25, 0.3) is 0 Å². The monoisotopic (exact) mass is 239 g/mol. The molecule has 3 N–H and O–H groups in total. The highest BCUT2D eigenvalue weighted by Gasteiger charge is 2.29. The summed E-state index contributed by atoms with van der Waals surface area (Å²) in [5.41, 5.74) is 5.27. The molecule has 2 heterocycles. The predicted octanol–water partition coefficient (Wildman–Crippen LogP) is -0.509. The number of nitrogens with one attached hydrogen (secondary N) is 1. The van der Waals surface area contributed by atoms with E-state index in [1.807, 2.05) is 11.8 Å². The van der Waals surface area contributed by atoms with Crippen LogP contribution in [0.5, 0.6) is 0 Å². The Bertz CT molecular complexity index is 392. The molecule has 7 nitrogen and oxygen atoms in total. The van der Waals surface area contributed by atoms with E-state index in [1.165, 1.54) is 0 Å². The molecule has 0 bridgehead atoms. The molecule has 2 rings (SSSR count). The fourth-order valence-corrected chi connectivity index (χ4v) is 1.84. The molecule has 1 amide bonds. The molecule has 1 fully saturated rings. The maximum atomic E-state index is 11.0. The van der Waals surface area contributed by atoms with Gasteiger partial charge in [0, 0.05) is 13.1 Å². The summed E-state index contributed by atoms with van der Waals surface area (Å²) < 4.78 is 5.49. The lowest BCUT2D eigenvalue weighted by Gasteiger charge is -2.11. The van der Waals surface area contributed by atoms with E-state index in [0.29, 0.717) is 25.0 Å². The summed E-state index contributed by atoms with van der Waals surface area (Å²) in [6.45, 7) is 4.73. The number of hydrogen-bond acceptors (Lipinski definition) is 6. The van der Waals surface area contributed by atoms with Crippen molar-refractivity contribution >= 4 is 11.9 Å². The third-order valence-electron chi connectivity index (χ3n) is 2.84. The number of anilines is 1. The van der Waals surface area contributed by atoms with E-state index in [9.17, 15) is 4.79 Å². The van der Waals surface area contributed by atoms with Gasteiger partial charge >= 0.3 is 6.01 Å². The summed E-state index contributed by atoms with van der Waals surface area (Å²) in [4.78, 5) is 12.9. The molecule has 17 heavy (non-hydrogen) atoms. The zero-order chi connectivity index (χ0) is 12.3.